The van der Waals surface area contributed by atoms with Crippen LogP contribution in [0.4, 0.5) is 13.2 Å². The molecule has 1 aromatic carbocycles. The standard InChI is InChI=1S/C21H34F3N5O.HI/c1-4-28(5-2)12-13-30-19-9-7-6-8-17(19)14-26-20(25-3)27-18-10-11-29(15-18)16-21(22,23)24;/h6-9,18H,4-5,10-16H2,1-3H3,(H2,25,26,27);1H. The lowest BCUT2D eigenvalue weighted by Gasteiger charge is -2.21. The van der Waals surface area contributed by atoms with Crippen molar-refractivity contribution in [3.63, 3.8) is 0 Å². The molecule has 10 heteroatoms. The van der Waals surface area contributed by atoms with Crippen molar-refractivity contribution in [2.45, 2.75) is 39.0 Å². The second-order valence-electron chi connectivity index (χ2n) is 7.39. The number of halogens is 4. The van der Waals surface area contributed by atoms with Crippen LogP contribution >= 0.6 is 24.0 Å². The number of nitrogens with zero attached hydrogens (tertiary/aromatic N) is 3. The van der Waals surface area contributed by atoms with Crippen molar-refractivity contribution in [1.82, 2.24) is 20.4 Å². The van der Waals surface area contributed by atoms with Crippen LogP contribution in [-0.2, 0) is 6.54 Å². The van der Waals surface area contributed by atoms with Crippen LogP contribution in [0.1, 0.15) is 25.8 Å². The van der Waals surface area contributed by atoms with Crippen LogP contribution in [0.2, 0.25) is 0 Å². The van der Waals surface area contributed by atoms with E-state index in [9.17, 15) is 13.2 Å². The summed E-state index contributed by atoms with van der Waals surface area (Å²) in [7, 11) is 1.66. The fourth-order valence-corrected chi connectivity index (χ4v) is 3.53. The average molecular weight is 557 g/mol. The van der Waals surface area contributed by atoms with E-state index in [0.717, 1.165) is 30.9 Å². The van der Waals surface area contributed by atoms with E-state index in [0.29, 0.717) is 38.6 Å². The third kappa shape index (κ3) is 10.3. The molecule has 1 aromatic rings. The number of para-hydroxylation sites is 1. The lowest BCUT2D eigenvalue weighted by atomic mass is 10.2. The summed E-state index contributed by atoms with van der Waals surface area (Å²) in [6, 6.07) is 7.78. The third-order valence-corrected chi connectivity index (χ3v) is 5.22. The van der Waals surface area contributed by atoms with Crippen molar-refractivity contribution in [2.24, 2.45) is 4.99 Å². The van der Waals surface area contributed by atoms with Gasteiger partial charge in [-0.3, -0.25) is 9.89 Å². The molecule has 0 radical (unpaired) electrons. The molecular weight excluding hydrogens is 522 g/mol. The van der Waals surface area contributed by atoms with E-state index in [1.807, 2.05) is 24.3 Å². The smallest absolute Gasteiger partial charge is 0.401 e. The molecule has 1 saturated heterocycles. The Labute approximate surface area is 200 Å². The van der Waals surface area contributed by atoms with Gasteiger partial charge in [0.2, 0.25) is 0 Å². The maximum Gasteiger partial charge on any atom is 0.401 e. The Kier molecular flexibility index (Phi) is 12.5. The second-order valence-corrected chi connectivity index (χ2v) is 7.39. The molecule has 1 unspecified atom stereocenters. The molecule has 6 nitrogen and oxygen atoms in total. The summed E-state index contributed by atoms with van der Waals surface area (Å²) in [6.07, 6.45) is -3.51. The van der Waals surface area contributed by atoms with Crippen molar-refractivity contribution in [2.75, 3.05) is 52.9 Å². The summed E-state index contributed by atoms with van der Waals surface area (Å²) in [5.74, 6) is 1.40. The first kappa shape index (κ1) is 27.8. The molecule has 31 heavy (non-hydrogen) atoms. The summed E-state index contributed by atoms with van der Waals surface area (Å²) in [6.45, 7) is 8.16. The first-order chi connectivity index (χ1) is 14.3. The number of hydrogen-bond donors (Lipinski definition) is 2. The second kappa shape index (κ2) is 14.0. The molecule has 178 valence electrons. The van der Waals surface area contributed by atoms with Crippen molar-refractivity contribution >= 4 is 29.9 Å². The Morgan fingerprint density at radius 3 is 2.61 bits per heavy atom. The van der Waals surface area contributed by atoms with Crippen LogP contribution < -0.4 is 15.4 Å². The van der Waals surface area contributed by atoms with Gasteiger partial charge in [-0.15, -0.1) is 24.0 Å². The van der Waals surface area contributed by atoms with Gasteiger partial charge in [-0.25, -0.2) is 0 Å². The number of nitrogens with one attached hydrogen (secondary N) is 2. The van der Waals surface area contributed by atoms with E-state index >= 15 is 0 Å². The van der Waals surface area contributed by atoms with E-state index in [1.165, 1.54) is 4.90 Å². The van der Waals surface area contributed by atoms with E-state index < -0.39 is 12.7 Å². The molecule has 1 heterocycles. The topological polar surface area (TPSA) is 52.1 Å². The lowest BCUT2D eigenvalue weighted by molar-refractivity contribution is -0.143. The molecule has 0 saturated carbocycles. The molecule has 0 aromatic heterocycles. The molecule has 2 rings (SSSR count). The normalized spacial score (nSPS) is 17.5. The molecule has 1 aliphatic rings. The maximum absolute atomic E-state index is 12.6. The number of ether oxygens (including phenoxy) is 1. The molecule has 0 aliphatic carbocycles. The molecule has 2 N–H and O–H groups in total. The van der Waals surface area contributed by atoms with Gasteiger partial charge in [0.15, 0.2) is 5.96 Å². The molecule has 0 bridgehead atoms. The Hall–Kier alpha value is -1.27. The third-order valence-electron chi connectivity index (χ3n) is 5.22. The predicted octanol–water partition coefficient (Wildman–Crippen LogP) is 3.33. The molecule has 0 spiro atoms. The van der Waals surface area contributed by atoms with E-state index in [4.69, 9.17) is 4.74 Å². The van der Waals surface area contributed by atoms with Gasteiger partial charge in [-0.1, -0.05) is 32.0 Å². The fourth-order valence-electron chi connectivity index (χ4n) is 3.53. The maximum atomic E-state index is 12.6. The number of alkyl halides is 3. The van der Waals surface area contributed by atoms with E-state index in [-0.39, 0.29) is 30.0 Å². The van der Waals surface area contributed by atoms with E-state index in [1.54, 1.807) is 7.05 Å². The van der Waals surface area contributed by atoms with Gasteiger partial charge in [0.05, 0.1) is 6.54 Å². The first-order valence-corrected chi connectivity index (χ1v) is 10.5. The highest BCUT2D eigenvalue weighted by Gasteiger charge is 2.34. The van der Waals surface area contributed by atoms with Crippen LogP contribution in [0.15, 0.2) is 29.3 Å². The van der Waals surface area contributed by atoms with Crippen LogP contribution in [0.3, 0.4) is 0 Å². The zero-order valence-corrected chi connectivity index (χ0v) is 20.9. The minimum absolute atomic E-state index is 0. The average Bonchev–Trinajstić information content (AvgIpc) is 3.14. The van der Waals surface area contributed by atoms with Gasteiger partial charge in [0, 0.05) is 44.8 Å². The number of hydrogen-bond acceptors (Lipinski definition) is 4. The van der Waals surface area contributed by atoms with Crippen molar-refractivity contribution in [3.8, 4) is 5.75 Å². The van der Waals surface area contributed by atoms with Gasteiger partial charge < -0.3 is 20.3 Å². The zero-order chi connectivity index (χ0) is 22.0. The Bertz CT molecular complexity index is 671. The lowest BCUT2D eigenvalue weighted by Crippen LogP contribution is -2.44. The molecule has 1 fully saturated rings. The number of likely N-dealkylation sites (tertiary alicyclic amines) is 1. The summed E-state index contributed by atoms with van der Waals surface area (Å²) < 4.78 is 43.7. The zero-order valence-electron chi connectivity index (χ0n) is 18.5. The summed E-state index contributed by atoms with van der Waals surface area (Å²) in [5.41, 5.74) is 1.00. The Balaban J connectivity index is 0.00000480. The Morgan fingerprint density at radius 2 is 1.97 bits per heavy atom. The molecular formula is C21H35F3IN5O. The minimum atomic E-state index is -4.16. The number of likely N-dealkylation sites (N-methyl/N-ethyl adjacent to an activating group) is 1. The largest absolute Gasteiger partial charge is 0.492 e. The van der Waals surface area contributed by atoms with Crippen molar-refractivity contribution < 1.29 is 17.9 Å². The van der Waals surface area contributed by atoms with Crippen LogP contribution in [0.5, 0.6) is 5.75 Å². The van der Waals surface area contributed by atoms with Crippen LogP contribution in [0.25, 0.3) is 0 Å². The summed E-state index contributed by atoms with van der Waals surface area (Å²) in [4.78, 5) is 7.93. The van der Waals surface area contributed by atoms with Gasteiger partial charge in [0.1, 0.15) is 12.4 Å². The van der Waals surface area contributed by atoms with Gasteiger partial charge in [0.25, 0.3) is 0 Å². The SMILES string of the molecule is CCN(CC)CCOc1ccccc1CNC(=NC)NC1CCN(CC(F)(F)F)C1.I. The number of guanidine groups is 1. The van der Waals surface area contributed by atoms with Gasteiger partial charge in [-0.2, -0.15) is 13.2 Å². The van der Waals surface area contributed by atoms with Gasteiger partial charge >= 0.3 is 6.18 Å². The monoisotopic (exact) mass is 557 g/mol. The minimum Gasteiger partial charge on any atom is -0.492 e. The van der Waals surface area contributed by atoms with Crippen molar-refractivity contribution in [3.05, 3.63) is 29.8 Å². The predicted molar refractivity (Wildman–Crippen MR) is 129 cm³/mol. The summed E-state index contributed by atoms with van der Waals surface area (Å²) >= 11 is 0. The van der Waals surface area contributed by atoms with Crippen molar-refractivity contribution in [1.29, 1.82) is 0 Å². The van der Waals surface area contributed by atoms with E-state index in [2.05, 4.69) is 34.4 Å². The van der Waals surface area contributed by atoms with Gasteiger partial charge in [-0.05, 0) is 25.6 Å². The highest BCUT2D eigenvalue weighted by Crippen LogP contribution is 2.20. The highest BCUT2D eigenvalue weighted by molar-refractivity contribution is 14.0. The highest BCUT2D eigenvalue weighted by atomic mass is 127. The number of benzene rings is 1. The molecule has 0 amide bonds. The number of aliphatic imine (C=N–C) groups is 1. The number of rotatable bonds is 10. The summed E-state index contributed by atoms with van der Waals surface area (Å²) in [5, 5.41) is 6.47. The van der Waals surface area contributed by atoms with Crippen LogP contribution in [-0.4, -0.2) is 80.9 Å². The molecule has 1 aliphatic heterocycles. The Morgan fingerprint density at radius 1 is 1.26 bits per heavy atom. The fraction of sp³-hybridized carbons (Fsp3) is 0.667. The quantitative estimate of drug-likeness (QED) is 0.263. The first-order valence-electron chi connectivity index (χ1n) is 10.5. The molecule has 1 atom stereocenters. The van der Waals surface area contributed by atoms with Crippen LogP contribution in [0, 0.1) is 0 Å².